The maximum atomic E-state index is 11.0. The van der Waals surface area contributed by atoms with Gasteiger partial charge in [0.05, 0.1) is 10.6 Å². The molecule has 22 heavy (non-hydrogen) atoms. The second kappa shape index (κ2) is 5.65. The standard InChI is InChI=1S/C15H12N4O3/c1-11-9-14(19(20)21)15(16-10-11)22-13-5-3-12(4-6-13)18-8-2-7-17-18/h2-10H,1H3. The van der Waals surface area contributed by atoms with Crippen LogP contribution in [0, 0.1) is 17.0 Å². The van der Waals surface area contributed by atoms with Gasteiger partial charge in [-0.25, -0.2) is 9.67 Å². The van der Waals surface area contributed by atoms with Crippen molar-refractivity contribution in [1.82, 2.24) is 14.8 Å². The third-order valence-electron chi connectivity index (χ3n) is 2.99. The molecule has 3 rings (SSSR count). The summed E-state index contributed by atoms with van der Waals surface area (Å²) in [4.78, 5) is 14.5. The fraction of sp³-hybridized carbons (Fsp3) is 0.0667. The highest BCUT2D eigenvalue weighted by molar-refractivity contribution is 5.46. The molecule has 1 aromatic carbocycles. The third-order valence-corrected chi connectivity index (χ3v) is 2.99. The summed E-state index contributed by atoms with van der Waals surface area (Å²) in [5, 5.41) is 15.2. The van der Waals surface area contributed by atoms with Crippen molar-refractivity contribution in [3.8, 4) is 17.3 Å². The minimum atomic E-state index is -0.507. The number of benzene rings is 1. The number of ether oxygens (including phenoxy) is 1. The van der Waals surface area contributed by atoms with Crippen LogP contribution in [0.3, 0.4) is 0 Å². The van der Waals surface area contributed by atoms with Gasteiger partial charge in [0.1, 0.15) is 5.75 Å². The maximum Gasteiger partial charge on any atom is 0.331 e. The van der Waals surface area contributed by atoms with Crippen LogP contribution in [0.1, 0.15) is 5.56 Å². The molecule has 2 heterocycles. The molecule has 0 amide bonds. The zero-order valence-electron chi connectivity index (χ0n) is 11.7. The molecule has 0 unspecified atom stereocenters. The van der Waals surface area contributed by atoms with Gasteiger partial charge >= 0.3 is 5.69 Å². The van der Waals surface area contributed by atoms with Gasteiger partial charge in [0.2, 0.25) is 0 Å². The van der Waals surface area contributed by atoms with E-state index in [-0.39, 0.29) is 11.6 Å². The van der Waals surface area contributed by atoms with Crippen LogP contribution < -0.4 is 4.74 Å². The summed E-state index contributed by atoms with van der Waals surface area (Å²) in [5.74, 6) is 0.442. The van der Waals surface area contributed by atoms with Crippen LogP contribution in [0.25, 0.3) is 5.69 Å². The van der Waals surface area contributed by atoms with Gasteiger partial charge in [-0.2, -0.15) is 5.10 Å². The van der Waals surface area contributed by atoms with Crippen LogP contribution in [0.4, 0.5) is 5.69 Å². The summed E-state index contributed by atoms with van der Waals surface area (Å²) < 4.78 is 7.22. The summed E-state index contributed by atoms with van der Waals surface area (Å²) >= 11 is 0. The Balaban J connectivity index is 1.86. The number of aryl methyl sites for hydroxylation is 1. The molecule has 7 heteroatoms. The summed E-state index contributed by atoms with van der Waals surface area (Å²) in [7, 11) is 0. The quantitative estimate of drug-likeness (QED) is 0.545. The van der Waals surface area contributed by atoms with Crippen molar-refractivity contribution in [2.45, 2.75) is 6.92 Å². The second-order valence-corrected chi connectivity index (χ2v) is 4.64. The fourth-order valence-electron chi connectivity index (χ4n) is 1.95. The average Bonchev–Trinajstić information content (AvgIpc) is 3.04. The Bertz CT molecular complexity index is 798. The summed E-state index contributed by atoms with van der Waals surface area (Å²) in [5.41, 5.74) is 1.41. The molecule has 0 aliphatic carbocycles. The molecule has 0 saturated carbocycles. The first-order chi connectivity index (χ1) is 10.6. The second-order valence-electron chi connectivity index (χ2n) is 4.64. The molecule has 0 aliphatic rings. The number of nitro groups is 1. The predicted octanol–water partition coefficient (Wildman–Crippen LogP) is 3.28. The van der Waals surface area contributed by atoms with Crippen LogP contribution >= 0.6 is 0 Å². The minimum Gasteiger partial charge on any atom is -0.434 e. The topological polar surface area (TPSA) is 83.1 Å². The van der Waals surface area contributed by atoms with Gasteiger partial charge in [0, 0.05) is 24.7 Å². The van der Waals surface area contributed by atoms with Gasteiger partial charge in [0.25, 0.3) is 5.88 Å². The van der Waals surface area contributed by atoms with E-state index in [0.717, 1.165) is 5.69 Å². The van der Waals surface area contributed by atoms with Gasteiger partial charge in [-0.15, -0.1) is 0 Å². The summed E-state index contributed by atoms with van der Waals surface area (Å²) in [6.45, 7) is 1.74. The highest BCUT2D eigenvalue weighted by Crippen LogP contribution is 2.29. The Morgan fingerprint density at radius 2 is 2.05 bits per heavy atom. The monoisotopic (exact) mass is 296 g/mol. The number of aromatic nitrogens is 3. The minimum absolute atomic E-state index is 0.0255. The van der Waals surface area contributed by atoms with Gasteiger partial charge in [-0.1, -0.05) is 0 Å². The van der Waals surface area contributed by atoms with Crippen LogP contribution in [0.5, 0.6) is 11.6 Å². The number of hydrogen-bond donors (Lipinski definition) is 0. The largest absolute Gasteiger partial charge is 0.434 e. The van der Waals surface area contributed by atoms with E-state index < -0.39 is 4.92 Å². The third kappa shape index (κ3) is 2.78. The number of rotatable bonds is 4. The number of hydrogen-bond acceptors (Lipinski definition) is 5. The first-order valence-electron chi connectivity index (χ1n) is 6.52. The molecule has 110 valence electrons. The Hall–Kier alpha value is -3.22. The molecule has 0 radical (unpaired) electrons. The van der Waals surface area contributed by atoms with E-state index in [4.69, 9.17) is 4.74 Å². The summed E-state index contributed by atoms with van der Waals surface area (Å²) in [6.07, 6.45) is 5.03. The molecule has 7 nitrogen and oxygen atoms in total. The number of nitrogens with zero attached hydrogens (tertiary/aromatic N) is 4. The van der Waals surface area contributed by atoms with Crippen LogP contribution in [-0.2, 0) is 0 Å². The first kappa shape index (κ1) is 13.7. The van der Waals surface area contributed by atoms with E-state index in [9.17, 15) is 10.1 Å². The van der Waals surface area contributed by atoms with Crippen molar-refractivity contribution >= 4 is 5.69 Å². The zero-order chi connectivity index (χ0) is 15.5. The van der Waals surface area contributed by atoms with Gasteiger partial charge < -0.3 is 4.74 Å². The fourth-order valence-corrected chi connectivity index (χ4v) is 1.95. The predicted molar refractivity (Wildman–Crippen MR) is 79.3 cm³/mol. The van der Waals surface area contributed by atoms with Crippen LogP contribution in [-0.4, -0.2) is 19.7 Å². The van der Waals surface area contributed by atoms with Crippen molar-refractivity contribution in [1.29, 1.82) is 0 Å². The van der Waals surface area contributed by atoms with Crippen LogP contribution in [0.15, 0.2) is 55.0 Å². The molecule has 0 aliphatic heterocycles. The smallest absolute Gasteiger partial charge is 0.331 e. The molecular formula is C15H12N4O3. The Morgan fingerprint density at radius 3 is 2.68 bits per heavy atom. The lowest BCUT2D eigenvalue weighted by Crippen LogP contribution is -1.97. The lowest BCUT2D eigenvalue weighted by atomic mass is 10.3. The highest BCUT2D eigenvalue weighted by atomic mass is 16.6. The lowest BCUT2D eigenvalue weighted by molar-refractivity contribution is -0.386. The van der Waals surface area contributed by atoms with E-state index in [2.05, 4.69) is 10.1 Å². The Morgan fingerprint density at radius 1 is 1.27 bits per heavy atom. The van der Waals surface area contributed by atoms with Crippen LogP contribution in [0.2, 0.25) is 0 Å². The highest BCUT2D eigenvalue weighted by Gasteiger charge is 2.17. The van der Waals surface area contributed by atoms with Crippen molar-refractivity contribution in [3.63, 3.8) is 0 Å². The van der Waals surface area contributed by atoms with Gasteiger partial charge in [0.15, 0.2) is 0 Å². The molecule has 0 saturated heterocycles. The Kier molecular flexibility index (Phi) is 3.53. The number of pyridine rings is 1. The first-order valence-corrected chi connectivity index (χ1v) is 6.52. The van der Waals surface area contributed by atoms with E-state index in [1.54, 1.807) is 29.9 Å². The van der Waals surface area contributed by atoms with Gasteiger partial charge in [-0.05, 0) is 42.8 Å². The van der Waals surface area contributed by atoms with Gasteiger partial charge in [-0.3, -0.25) is 10.1 Å². The lowest BCUT2D eigenvalue weighted by Gasteiger charge is -2.07. The van der Waals surface area contributed by atoms with E-state index in [1.165, 1.54) is 12.3 Å². The molecule has 0 atom stereocenters. The molecule has 3 aromatic rings. The summed E-state index contributed by atoms with van der Waals surface area (Å²) in [6, 6.07) is 10.3. The van der Waals surface area contributed by atoms with Crippen molar-refractivity contribution in [2.75, 3.05) is 0 Å². The molecule has 0 N–H and O–H groups in total. The SMILES string of the molecule is Cc1cnc(Oc2ccc(-n3cccn3)cc2)c([N+](=O)[O-])c1. The van der Waals surface area contributed by atoms with E-state index in [0.29, 0.717) is 11.3 Å². The normalized spacial score (nSPS) is 10.4. The Labute approximate surface area is 126 Å². The molecular weight excluding hydrogens is 284 g/mol. The van der Waals surface area contributed by atoms with Crippen molar-refractivity contribution in [2.24, 2.45) is 0 Å². The van der Waals surface area contributed by atoms with E-state index >= 15 is 0 Å². The molecule has 0 fully saturated rings. The molecule has 0 spiro atoms. The zero-order valence-corrected chi connectivity index (χ0v) is 11.7. The average molecular weight is 296 g/mol. The molecule has 2 aromatic heterocycles. The van der Waals surface area contributed by atoms with Crippen molar-refractivity contribution < 1.29 is 9.66 Å². The van der Waals surface area contributed by atoms with E-state index in [1.807, 2.05) is 24.4 Å². The molecule has 0 bridgehead atoms. The maximum absolute atomic E-state index is 11.0. The van der Waals surface area contributed by atoms with Crippen molar-refractivity contribution in [3.05, 3.63) is 70.7 Å².